The van der Waals surface area contributed by atoms with Crippen molar-refractivity contribution in [3.8, 4) is 0 Å². The maximum absolute atomic E-state index is 12.9. The van der Waals surface area contributed by atoms with Crippen LogP contribution < -0.4 is 5.32 Å². The number of amides is 3. The highest BCUT2D eigenvalue weighted by molar-refractivity contribution is 6.22. The molecule has 0 radical (unpaired) electrons. The zero-order chi connectivity index (χ0) is 22.7. The lowest BCUT2D eigenvalue weighted by Gasteiger charge is -2.31. The van der Waals surface area contributed by atoms with Gasteiger partial charge in [-0.1, -0.05) is 42.0 Å². The van der Waals surface area contributed by atoms with Crippen molar-refractivity contribution in [3.63, 3.8) is 0 Å². The van der Waals surface area contributed by atoms with Gasteiger partial charge >= 0.3 is 0 Å². The van der Waals surface area contributed by atoms with Gasteiger partial charge in [0.1, 0.15) is 0 Å². The van der Waals surface area contributed by atoms with Crippen molar-refractivity contribution in [3.05, 3.63) is 82.4 Å². The van der Waals surface area contributed by atoms with Crippen LogP contribution in [-0.4, -0.2) is 53.2 Å². The predicted octanol–water partition coefficient (Wildman–Crippen LogP) is 3.64. The Balaban J connectivity index is 1.39. The molecule has 2 aliphatic heterocycles. The molecule has 2 aromatic rings. The molecule has 1 N–H and O–H groups in total. The van der Waals surface area contributed by atoms with Crippen molar-refractivity contribution < 1.29 is 14.4 Å². The Morgan fingerprint density at radius 1 is 1.00 bits per heavy atom. The number of carbonyl (C=O) groups is 3. The van der Waals surface area contributed by atoms with Crippen LogP contribution in [0.5, 0.6) is 0 Å². The minimum absolute atomic E-state index is 0.116. The Morgan fingerprint density at radius 3 is 2.38 bits per heavy atom. The van der Waals surface area contributed by atoms with Gasteiger partial charge in [-0.3, -0.25) is 24.2 Å². The summed E-state index contributed by atoms with van der Waals surface area (Å²) >= 11 is 0. The Bertz CT molecular complexity index is 1050. The van der Waals surface area contributed by atoms with Gasteiger partial charge in [-0.05, 0) is 50.5 Å². The lowest BCUT2D eigenvalue weighted by molar-refractivity contribution is 0.0642. The van der Waals surface area contributed by atoms with E-state index in [9.17, 15) is 14.4 Å². The van der Waals surface area contributed by atoms with Crippen LogP contribution in [0, 0.1) is 0 Å². The summed E-state index contributed by atoms with van der Waals surface area (Å²) < 4.78 is 0. The first-order chi connectivity index (χ1) is 15.4. The number of fused-ring (bicyclic) bond motifs is 1. The number of allylic oxidation sites excluding steroid dienone is 1. The fourth-order valence-electron chi connectivity index (χ4n) is 4.18. The van der Waals surface area contributed by atoms with Gasteiger partial charge in [-0.15, -0.1) is 0 Å². The van der Waals surface area contributed by atoms with Gasteiger partial charge in [0.05, 0.1) is 17.7 Å². The fraction of sp³-hybridized carbons (Fsp3) is 0.346. The van der Waals surface area contributed by atoms with E-state index in [-0.39, 0.29) is 30.3 Å². The number of nitrogens with zero attached hydrogens (tertiary/aromatic N) is 2. The summed E-state index contributed by atoms with van der Waals surface area (Å²) in [6.07, 6.45) is 4.02. The molecule has 6 nitrogen and oxygen atoms in total. The van der Waals surface area contributed by atoms with Crippen molar-refractivity contribution in [1.29, 1.82) is 0 Å². The highest BCUT2D eigenvalue weighted by Crippen LogP contribution is 2.26. The predicted molar refractivity (Wildman–Crippen MR) is 123 cm³/mol. The minimum Gasteiger partial charge on any atom is -0.349 e. The molecule has 1 fully saturated rings. The first-order valence-electron chi connectivity index (χ1n) is 11.1. The van der Waals surface area contributed by atoms with E-state index in [0.29, 0.717) is 16.7 Å². The lowest BCUT2D eigenvalue weighted by Crippen LogP contribution is -2.44. The number of imide groups is 1. The quantitative estimate of drug-likeness (QED) is 0.560. The van der Waals surface area contributed by atoms with E-state index in [4.69, 9.17) is 0 Å². The zero-order valence-corrected chi connectivity index (χ0v) is 18.6. The van der Waals surface area contributed by atoms with Gasteiger partial charge in [0.2, 0.25) is 0 Å². The number of nitrogens with one attached hydrogen (secondary N) is 1. The van der Waals surface area contributed by atoms with Crippen molar-refractivity contribution >= 4 is 17.7 Å². The number of benzene rings is 2. The highest BCUT2D eigenvalue weighted by atomic mass is 16.2. The number of hydrogen-bond donors (Lipinski definition) is 1. The number of likely N-dealkylation sites (tertiary alicyclic amines) is 1. The maximum atomic E-state index is 12.9. The molecule has 2 aromatic carbocycles. The van der Waals surface area contributed by atoms with Gasteiger partial charge in [0.25, 0.3) is 17.7 Å². The Labute approximate surface area is 188 Å². The monoisotopic (exact) mass is 431 g/mol. The van der Waals surface area contributed by atoms with Crippen LogP contribution >= 0.6 is 0 Å². The number of carbonyl (C=O) groups excluding carboxylic acids is 3. The molecule has 166 valence electrons. The second kappa shape index (κ2) is 9.49. The number of rotatable bonds is 6. The van der Waals surface area contributed by atoms with Gasteiger partial charge < -0.3 is 5.32 Å². The van der Waals surface area contributed by atoms with Crippen molar-refractivity contribution in [2.45, 2.75) is 39.3 Å². The minimum atomic E-state index is -0.351. The molecule has 0 bridgehead atoms. The summed E-state index contributed by atoms with van der Waals surface area (Å²) in [5.41, 5.74) is 3.27. The summed E-state index contributed by atoms with van der Waals surface area (Å²) in [6.45, 7) is 7.26. The SMILES string of the molecule is CC(C)=CCN1CCC(NC(=O)c2ccc3c(c2)C(=O)N(Cc2ccccc2)C3=O)CC1. The lowest BCUT2D eigenvalue weighted by atomic mass is 10.0. The van der Waals surface area contributed by atoms with E-state index in [0.717, 1.165) is 38.0 Å². The molecule has 1 saturated heterocycles. The van der Waals surface area contributed by atoms with Crippen LogP contribution in [0.2, 0.25) is 0 Å². The molecular formula is C26H29N3O3. The molecule has 0 spiro atoms. The van der Waals surface area contributed by atoms with Crippen LogP contribution in [-0.2, 0) is 6.54 Å². The third-order valence-corrected chi connectivity index (χ3v) is 6.10. The highest BCUT2D eigenvalue weighted by Gasteiger charge is 2.36. The molecule has 0 aliphatic carbocycles. The summed E-state index contributed by atoms with van der Waals surface area (Å²) in [5, 5.41) is 3.10. The molecule has 2 heterocycles. The van der Waals surface area contributed by atoms with E-state index in [2.05, 4.69) is 30.1 Å². The Hall–Kier alpha value is -3.25. The van der Waals surface area contributed by atoms with Gasteiger partial charge in [0, 0.05) is 31.2 Å². The standard InChI is InChI=1S/C26H29N3O3/c1-18(2)10-13-28-14-11-21(12-15-28)27-24(30)20-8-9-22-23(16-20)26(32)29(25(22)31)17-19-6-4-3-5-7-19/h3-10,16,21H,11-15,17H2,1-2H3,(H,27,30). The molecule has 3 amide bonds. The fourth-order valence-corrected chi connectivity index (χ4v) is 4.18. The van der Waals surface area contributed by atoms with E-state index in [1.165, 1.54) is 10.5 Å². The van der Waals surface area contributed by atoms with Crippen LogP contribution in [0.3, 0.4) is 0 Å². The second-order valence-corrected chi connectivity index (χ2v) is 8.77. The summed E-state index contributed by atoms with van der Waals surface area (Å²) in [5.74, 6) is -0.863. The van der Waals surface area contributed by atoms with Crippen LogP contribution in [0.4, 0.5) is 0 Å². The molecule has 0 unspecified atom stereocenters. The van der Waals surface area contributed by atoms with Crippen molar-refractivity contribution in [2.24, 2.45) is 0 Å². The normalized spacial score (nSPS) is 16.8. The largest absolute Gasteiger partial charge is 0.349 e. The van der Waals surface area contributed by atoms with Crippen LogP contribution in [0.15, 0.2) is 60.2 Å². The zero-order valence-electron chi connectivity index (χ0n) is 18.6. The smallest absolute Gasteiger partial charge is 0.261 e. The van der Waals surface area contributed by atoms with E-state index < -0.39 is 0 Å². The maximum Gasteiger partial charge on any atom is 0.261 e. The summed E-state index contributed by atoms with van der Waals surface area (Å²) in [7, 11) is 0. The van der Waals surface area contributed by atoms with Gasteiger partial charge in [-0.2, -0.15) is 0 Å². The van der Waals surface area contributed by atoms with E-state index >= 15 is 0 Å². The van der Waals surface area contributed by atoms with Crippen LogP contribution in [0.25, 0.3) is 0 Å². The summed E-state index contributed by atoms with van der Waals surface area (Å²) in [4.78, 5) is 42.1. The van der Waals surface area contributed by atoms with Gasteiger partial charge in [0.15, 0.2) is 0 Å². The molecular weight excluding hydrogens is 402 g/mol. The topological polar surface area (TPSA) is 69.7 Å². The second-order valence-electron chi connectivity index (χ2n) is 8.77. The third-order valence-electron chi connectivity index (χ3n) is 6.10. The van der Waals surface area contributed by atoms with Crippen molar-refractivity contribution in [1.82, 2.24) is 15.1 Å². The first-order valence-corrected chi connectivity index (χ1v) is 11.1. The first kappa shape index (κ1) is 22.0. The number of hydrogen-bond acceptors (Lipinski definition) is 4. The average molecular weight is 432 g/mol. The molecule has 4 rings (SSSR count). The third kappa shape index (κ3) is 4.81. The molecule has 2 aliphatic rings. The van der Waals surface area contributed by atoms with E-state index in [1.54, 1.807) is 18.2 Å². The molecule has 0 aromatic heterocycles. The average Bonchev–Trinajstić information content (AvgIpc) is 3.03. The van der Waals surface area contributed by atoms with Gasteiger partial charge in [-0.25, -0.2) is 0 Å². The number of piperidine rings is 1. The Morgan fingerprint density at radius 2 is 1.69 bits per heavy atom. The Kier molecular flexibility index (Phi) is 6.51. The summed E-state index contributed by atoms with van der Waals surface area (Å²) in [6, 6.07) is 14.3. The molecule has 6 heteroatoms. The van der Waals surface area contributed by atoms with Crippen molar-refractivity contribution in [2.75, 3.05) is 19.6 Å². The molecule has 0 atom stereocenters. The molecule has 32 heavy (non-hydrogen) atoms. The van der Waals surface area contributed by atoms with Crippen LogP contribution in [0.1, 0.15) is 63.3 Å². The molecule has 0 saturated carbocycles. The van der Waals surface area contributed by atoms with E-state index in [1.807, 2.05) is 30.3 Å².